The molecule has 2 aromatic carbocycles. The van der Waals surface area contributed by atoms with E-state index in [-0.39, 0.29) is 5.78 Å². The summed E-state index contributed by atoms with van der Waals surface area (Å²) in [4.78, 5) is 23.8. The van der Waals surface area contributed by atoms with Crippen LogP contribution in [0.1, 0.15) is 27.9 Å². The first-order valence-corrected chi connectivity index (χ1v) is 8.11. The van der Waals surface area contributed by atoms with Crippen molar-refractivity contribution in [2.45, 2.75) is 12.8 Å². The molecular weight excluding hydrogens is 298 g/mol. The number of benzene rings is 2. The van der Waals surface area contributed by atoms with E-state index in [9.17, 15) is 4.79 Å². The van der Waals surface area contributed by atoms with Gasteiger partial charge in [0.2, 0.25) is 5.95 Å². The minimum atomic E-state index is 0.0373. The molecule has 0 aliphatic carbocycles. The molecule has 0 spiro atoms. The fourth-order valence-corrected chi connectivity index (χ4v) is 3.21. The lowest BCUT2D eigenvalue weighted by atomic mass is 9.93. The van der Waals surface area contributed by atoms with Gasteiger partial charge in [0, 0.05) is 30.1 Å². The van der Waals surface area contributed by atoms with Crippen LogP contribution in [0.5, 0.6) is 0 Å². The van der Waals surface area contributed by atoms with Crippen LogP contribution in [0.15, 0.2) is 67.0 Å². The maximum Gasteiger partial charge on any atom is 0.229 e. The Bertz CT molecular complexity index is 863. The predicted molar refractivity (Wildman–Crippen MR) is 93.7 cm³/mol. The number of nitrogens with zero attached hydrogens (tertiary/aromatic N) is 3. The normalized spacial score (nSPS) is 13.4. The summed E-state index contributed by atoms with van der Waals surface area (Å²) in [6.45, 7) is 0.816. The van der Waals surface area contributed by atoms with Gasteiger partial charge in [-0.05, 0) is 30.5 Å². The predicted octanol–water partition coefficient (Wildman–Crippen LogP) is 3.79. The molecule has 0 saturated carbocycles. The molecule has 1 aromatic heterocycles. The lowest BCUT2D eigenvalue weighted by Gasteiger charge is -2.31. The van der Waals surface area contributed by atoms with Crippen molar-refractivity contribution in [2.75, 3.05) is 11.4 Å². The van der Waals surface area contributed by atoms with Crippen molar-refractivity contribution in [3.63, 3.8) is 0 Å². The molecule has 3 aromatic rings. The van der Waals surface area contributed by atoms with Gasteiger partial charge in [-0.1, -0.05) is 42.5 Å². The summed E-state index contributed by atoms with van der Waals surface area (Å²) in [5.74, 6) is 0.682. The Morgan fingerprint density at radius 3 is 2.50 bits per heavy atom. The van der Waals surface area contributed by atoms with E-state index in [1.54, 1.807) is 18.5 Å². The number of aryl methyl sites for hydroxylation is 1. The van der Waals surface area contributed by atoms with Crippen molar-refractivity contribution in [2.24, 2.45) is 0 Å². The second-order valence-corrected chi connectivity index (χ2v) is 5.81. The van der Waals surface area contributed by atoms with Gasteiger partial charge in [-0.2, -0.15) is 0 Å². The fraction of sp³-hybridized carbons (Fsp3) is 0.150. The second kappa shape index (κ2) is 6.24. The van der Waals surface area contributed by atoms with Crippen LogP contribution in [0.3, 0.4) is 0 Å². The van der Waals surface area contributed by atoms with E-state index in [0.717, 1.165) is 25.1 Å². The molecule has 0 atom stereocenters. The third-order valence-corrected chi connectivity index (χ3v) is 4.29. The van der Waals surface area contributed by atoms with Gasteiger partial charge in [0.1, 0.15) is 0 Å². The van der Waals surface area contributed by atoms with E-state index in [2.05, 4.69) is 20.9 Å². The molecule has 0 saturated heterocycles. The van der Waals surface area contributed by atoms with Gasteiger partial charge in [-0.15, -0.1) is 0 Å². The number of aromatic nitrogens is 2. The van der Waals surface area contributed by atoms with Crippen molar-refractivity contribution in [1.82, 2.24) is 9.97 Å². The van der Waals surface area contributed by atoms with Gasteiger partial charge in [0.05, 0.1) is 5.69 Å². The van der Waals surface area contributed by atoms with E-state index < -0.39 is 0 Å². The van der Waals surface area contributed by atoms with Gasteiger partial charge in [0.25, 0.3) is 0 Å². The van der Waals surface area contributed by atoms with Gasteiger partial charge in [-0.25, -0.2) is 9.97 Å². The van der Waals surface area contributed by atoms with Crippen molar-refractivity contribution in [1.29, 1.82) is 0 Å². The van der Waals surface area contributed by atoms with Crippen molar-refractivity contribution >= 4 is 17.4 Å². The summed E-state index contributed by atoms with van der Waals surface area (Å²) in [6.07, 6.45) is 5.46. The maximum atomic E-state index is 13.0. The second-order valence-electron chi connectivity index (χ2n) is 5.81. The number of hydrogen-bond acceptors (Lipinski definition) is 4. The van der Waals surface area contributed by atoms with E-state index in [0.29, 0.717) is 17.1 Å². The van der Waals surface area contributed by atoms with Crippen LogP contribution in [0, 0.1) is 0 Å². The monoisotopic (exact) mass is 315 g/mol. The Balaban J connectivity index is 1.84. The average molecular weight is 315 g/mol. The summed E-state index contributed by atoms with van der Waals surface area (Å²) in [5.41, 5.74) is 3.54. The Morgan fingerprint density at radius 2 is 1.71 bits per heavy atom. The molecule has 118 valence electrons. The molecular formula is C20H17N3O. The zero-order valence-electron chi connectivity index (χ0n) is 13.2. The van der Waals surface area contributed by atoms with Crippen LogP contribution in [0.25, 0.3) is 0 Å². The van der Waals surface area contributed by atoms with Crippen molar-refractivity contribution in [3.05, 3.63) is 83.7 Å². The molecule has 1 aliphatic rings. The van der Waals surface area contributed by atoms with E-state index in [4.69, 9.17) is 0 Å². The first kappa shape index (κ1) is 14.6. The number of rotatable bonds is 3. The Kier molecular flexibility index (Phi) is 3.79. The standard InChI is InChI=1S/C20H17N3O/c24-19(16-7-2-1-3-8-16)17-11-4-9-15-10-5-14-23(18(15)17)20-21-12-6-13-22-20/h1-4,6-9,11-13H,5,10,14H2. The minimum Gasteiger partial charge on any atom is -0.310 e. The average Bonchev–Trinajstić information content (AvgIpc) is 2.68. The summed E-state index contributed by atoms with van der Waals surface area (Å²) < 4.78 is 0. The van der Waals surface area contributed by atoms with Crippen molar-refractivity contribution < 1.29 is 4.79 Å². The van der Waals surface area contributed by atoms with Crippen LogP contribution < -0.4 is 4.90 Å². The molecule has 4 heteroatoms. The molecule has 0 bridgehead atoms. The van der Waals surface area contributed by atoms with Crippen molar-refractivity contribution in [3.8, 4) is 0 Å². The first-order chi connectivity index (χ1) is 11.8. The zero-order valence-corrected chi connectivity index (χ0v) is 13.2. The number of carbonyl (C=O) groups is 1. The number of carbonyl (C=O) groups excluding carboxylic acids is 1. The van der Waals surface area contributed by atoms with Crippen LogP contribution in [0.4, 0.5) is 11.6 Å². The number of fused-ring (bicyclic) bond motifs is 1. The zero-order chi connectivity index (χ0) is 16.4. The number of hydrogen-bond donors (Lipinski definition) is 0. The smallest absolute Gasteiger partial charge is 0.229 e. The lowest BCUT2D eigenvalue weighted by molar-refractivity contribution is 0.103. The third kappa shape index (κ3) is 2.56. The molecule has 0 unspecified atom stereocenters. The summed E-state index contributed by atoms with van der Waals surface area (Å²) in [6, 6.07) is 17.2. The number of anilines is 2. The Labute approximate surface area is 140 Å². The highest BCUT2D eigenvalue weighted by molar-refractivity contribution is 6.13. The maximum absolute atomic E-state index is 13.0. The van der Waals surface area contributed by atoms with E-state index >= 15 is 0 Å². The minimum absolute atomic E-state index is 0.0373. The summed E-state index contributed by atoms with van der Waals surface area (Å²) >= 11 is 0. The summed E-state index contributed by atoms with van der Waals surface area (Å²) in [7, 11) is 0. The van der Waals surface area contributed by atoms with E-state index in [1.807, 2.05) is 42.5 Å². The first-order valence-electron chi connectivity index (χ1n) is 8.11. The molecule has 0 amide bonds. The highest BCUT2D eigenvalue weighted by atomic mass is 16.1. The number of para-hydroxylation sites is 1. The molecule has 1 aliphatic heterocycles. The Morgan fingerprint density at radius 1 is 0.917 bits per heavy atom. The Hall–Kier alpha value is -3.01. The molecule has 4 rings (SSSR count). The molecule has 0 radical (unpaired) electrons. The lowest BCUT2D eigenvalue weighted by Crippen LogP contribution is -2.28. The molecule has 0 N–H and O–H groups in total. The molecule has 2 heterocycles. The topological polar surface area (TPSA) is 46.1 Å². The van der Waals surface area contributed by atoms with Crippen LogP contribution in [-0.4, -0.2) is 22.3 Å². The fourth-order valence-electron chi connectivity index (χ4n) is 3.21. The van der Waals surface area contributed by atoms with Gasteiger partial charge < -0.3 is 4.90 Å². The van der Waals surface area contributed by atoms with Crippen LogP contribution in [-0.2, 0) is 6.42 Å². The SMILES string of the molecule is O=C(c1ccccc1)c1cccc2c1N(c1ncccn1)CCC2. The molecule has 24 heavy (non-hydrogen) atoms. The summed E-state index contributed by atoms with van der Waals surface area (Å²) in [5, 5.41) is 0. The van der Waals surface area contributed by atoms with Gasteiger partial charge in [-0.3, -0.25) is 4.79 Å². The number of ketones is 1. The van der Waals surface area contributed by atoms with Crippen LogP contribution >= 0.6 is 0 Å². The highest BCUT2D eigenvalue weighted by Gasteiger charge is 2.26. The van der Waals surface area contributed by atoms with E-state index in [1.165, 1.54) is 5.56 Å². The quantitative estimate of drug-likeness (QED) is 0.690. The third-order valence-electron chi connectivity index (χ3n) is 4.29. The highest BCUT2D eigenvalue weighted by Crippen LogP contribution is 2.35. The molecule has 4 nitrogen and oxygen atoms in total. The molecule has 0 fully saturated rings. The largest absolute Gasteiger partial charge is 0.310 e. The van der Waals surface area contributed by atoms with Gasteiger partial charge >= 0.3 is 0 Å². The van der Waals surface area contributed by atoms with Crippen LogP contribution in [0.2, 0.25) is 0 Å². The van der Waals surface area contributed by atoms with Gasteiger partial charge in [0.15, 0.2) is 5.78 Å².